The van der Waals surface area contributed by atoms with E-state index in [-0.39, 0.29) is 11.7 Å². The molecule has 1 N–H and O–H groups in total. The number of anilines is 1. The van der Waals surface area contributed by atoms with Crippen LogP contribution in [0.5, 0.6) is 0 Å². The maximum absolute atomic E-state index is 12.3. The number of benzene rings is 1. The van der Waals surface area contributed by atoms with Crippen molar-refractivity contribution in [1.29, 1.82) is 5.26 Å². The number of carbonyl (C=O) groups excluding carboxylic acids is 2. The predicted octanol–water partition coefficient (Wildman–Crippen LogP) is 2.54. The highest BCUT2D eigenvalue weighted by atomic mass is 16.5. The van der Waals surface area contributed by atoms with Gasteiger partial charge >= 0.3 is 6.09 Å². The monoisotopic (exact) mass is 356 g/mol. The molecule has 1 aliphatic rings. The molecule has 26 heavy (non-hydrogen) atoms. The third kappa shape index (κ3) is 4.99. The zero-order chi connectivity index (χ0) is 19.1. The Bertz CT molecular complexity index is 711. The highest BCUT2D eigenvalue weighted by Gasteiger charge is 2.21. The minimum Gasteiger partial charge on any atom is -0.453 e. The van der Waals surface area contributed by atoms with Gasteiger partial charge in [0.15, 0.2) is 0 Å². The number of hydrogen-bond donors (Lipinski definition) is 1. The van der Waals surface area contributed by atoms with Gasteiger partial charge in [0, 0.05) is 38.1 Å². The Hall–Kier alpha value is -3.01. The van der Waals surface area contributed by atoms with Crippen molar-refractivity contribution in [1.82, 2.24) is 9.80 Å². The lowest BCUT2D eigenvalue weighted by atomic mass is 10.0. The number of rotatable bonds is 4. The zero-order valence-electron chi connectivity index (χ0n) is 15.4. The molecular weight excluding hydrogens is 332 g/mol. The molecule has 138 valence electrons. The van der Waals surface area contributed by atoms with Crippen LogP contribution in [0.25, 0.3) is 0 Å². The Balaban J connectivity index is 1.97. The molecule has 7 nitrogen and oxygen atoms in total. The average molecular weight is 356 g/mol. The molecule has 0 atom stereocenters. The predicted molar refractivity (Wildman–Crippen MR) is 98.4 cm³/mol. The van der Waals surface area contributed by atoms with Crippen molar-refractivity contribution in [2.45, 2.75) is 19.8 Å². The highest BCUT2D eigenvalue weighted by Crippen LogP contribution is 2.17. The van der Waals surface area contributed by atoms with Gasteiger partial charge < -0.3 is 19.9 Å². The summed E-state index contributed by atoms with van der Waals surface area (Å²) in [6, 6.07) is 9.53. The van der Waals surface area contributed by atoms with E-state index in [2.05, 4.69) is 19.2 Å². The van der Waals surface area contributed by atoms with E-state index < -0.39 is 5.91 Å². The van der Waals surface area contributed by atoms with Crippen LogP contribution >= 0.6 is 0 Å². The fourth-order valence-corrected chi connectivity index (χ4v) is 2.63. The van der Waals surface area contributed by atoms with Crippen molar-refractivity contribution in [3.63, 3.8) is 0 Å². The van der Waals surface area contributed by atoms with E-state index >= 15 is 0 Å². The van der Waals surface area contributed by atoms with Gasteiger partial charge in [0.2, 0.25) is 0 Å². The largest absolute Gasteiger partial charge is 0.453 e. The molecule has 2 rings (SSSR count). The summed E-state index contributed by atoms with van der Waals surface area (Å²) >= 11 is 0. The maximum Gasteiger partial charge on any atom is 0.409 e. The minimum atomic E-state index is -0.444. The molecular formula is C19H24N4O3. The minimum absolute atomic E-state index is 0.0319. The van der Waals surface area contributed by atoms with Gasteiger partial charge in [-0.15, -0.1) is 0 Å². The van der Waals surface area contributed by atoms with E-state index in [1.54, 1.807) is 11.1 Å². The van der Waals surface area contributed by atoms with Crippen LogP contribution in [-0.4, -0.2) is 55.1 Å². The van der Waals surface area contributed by atoms with Crippen LogP contribution in [0.15, 0.2) is 36.0 Å². The van der Waals surface area contributed by atoms with Gasteiger partial charge in [-0.25, -0.2) is 4.79 Å². The van der Waals surface area contributed by atoms with E-state index in [0.717, 1.165) is 0 Å². The summed E-state index contributed by atoms with van der Waals surface area (Å²) in [5.74, 6) is -0.0295. The Morgan fingerprint density at radius 1 is 1.19 bits per heavy atom. The van der Waals surface area contributed by atoms with E-state index in [4.69, 9.17) is 4.74 Å². The number of amides is 2. The molecule has 1 heterocycles. The lowest BCUT2D eigenvalue weighted by Gasteiger charge is -2.33. The summed E-state index contributed by atoms with van der Waals surface area (Å²) < 4.78 is 4.69. The molecule has 0 spiro atoms. The molecule has 1 aromatic rings. The summed E-state index contributed by atoms with van der Waals surface area (Å²) in [5.41, 5.74) is 1.86. The molecule has 7 heteroatoms. The van der Waals surface area contributed by atoms with Gasteiger partial charge in [-0.1, -0.05) is 26.0 Å². The number of methoxy groups -OCH3 is 1. The molecule has 1 aromatic carbocycles. The van der Waals surface area contributed by atoms with Crippen LogP contribution in [0.1, 0.15) is 25.3 Å². The molecule has 0 aliphatic carbocycles. The Morgan fingerprint density at radius 2 is 1.81 bits per heavy atom. The van der Waals surface area contributed by atoms with Crippen LogP contribution < -0.4 is 5.32 Å². The van der Waals surface area contributed by atoms with Gasteiger partial charge in [-0.2, -0.15) is 5.26 Å². The molecule has 2 amide bonds. The second-order valence-corrected chi connectivity index (χ2v) is 6.38. The molecule has 1 saturated heterocycles. The topological polar surface area (TPSA) is 85.7 Å². The molecule has 1 aliphatic heterocycles. The van der Waals surface area contributed by atoms with E-state index in [1.807, 2.05) is 35.2 Å². The van der Waals surface area contributed by atoms with Crippen molar-refractivity contribution in [3.05, 3.63) is 41.6 Å². The van der Waals surface area contributed by atoms with Crippen molar-refractivity contribution in [2.24, 2.45) is 0 Å². The number of nitrogens with zero attached hydrogens (tertiary/aromatic N) is 3. The Morgan fingerprint density at radius 3 is 2.31 bits per heavy atom. The number of nitrogens with one attached hydrogen (secondary N) is 1. The third-order valence-electron chi connectivity index (χ3n) is 4.26. The maximum atomic E-state index is 12.3. The van der Waals surface area contributed by atoms with Crippen LogP contribution in [0.2, 0.25) is 0 Å². The molecule has 0 radical (unpaired) electrons. The second kappa shape index (κ2) is 8.90. The Labute approximate surface area is 153 Å². The smallest absolute Gasteiger partial charge is 0.409 e. The van der Waals surface area contributed by atoms with Crippen molar-refractivity contribution < 1.29 is 14.3 Å². The van der Waals surface area contributed by atoms with Gasteiger partial charge in [0.1, 0.15) is 11.6 Å². The van der Waals surface area contributed by atoms with Gasteiger partial charge in [0.25, 0.3) is 5.91 Å². The fourth-order valence-electron chi connectivity index (χ4n) is 2.63. The molecule has 0 unspecified atom stereocenters. The van der Waals surface area contributed by atoms with Gasteiger partial charge in [-0.05, 0) is 23.6 Å². The number of nitriles is 1. The third-order valence-corrected chi connectivity index (χ3v) is 4.26. The van der Waals surface area contributed by atoms with Crippen molar-refractivity contribution in [3.8, 4) is 6.07 Å². The number of ether oxygens (including phenoxy) is 1. The lowest BCUT2D eigenvalue weighted by molar-refractivity contribution is -0.112. The normalized spacial score (nSPS) is 14.8. The Kier molecular flexibility index (Phi) is 6.61. The summed E-state index contributed by atoms with van der Waals surface area (Å²) in [7, 11) is 1.35. The fraction of sp³-hybridized carbons (Fsp3) is 0.421. The van der Waals surface area contributed by atoms with Crippen LogP contribution in [0.4, 0.5) is 10.5 Å². The molecule has 0 aromatic heterocycles. The van der Waals surface area contributed by atoms with Crippen molar-refractivity contribution >= 4 is 17.7 Å². The van der Waals surface area contributed by atoms with Crippen molar-refractivity contribution in [2.75, 3.05) is 38.6 Å². The quantitative estimate of drug-likeness (QED) is 0.662. The first-order valence-electron chi connectivity index (χ1n) is 8.54. The van der Waals surface area contributed by atoms with Gasteiger partial charge in [-0.3, -0.25) is 4.79 Å². The average Bonchev–Trinajstić information content (AvgIpc) is 2.66. The highest BCUT2D eigenvalue weighted by molar-refractivity contribution is 6.06. The summed E-state index contributed by atoms with van der Waals surface area (Å²) in [4.78, 5) is 27.3. The second-order valence-electron chi connectivity index (χ2n) is 6.38. The first-order valence-corrected chi connectivity index (χ1v) is 8.54. The molecule has 1 fully saturated rings. The standard InChI is InChI=1S/C19H24N4O3/c1-14(2)15-4-6-17(7-5-15)21-18(24)16(12-20)13-22-8-10-23(11-9-22)19(25)26-3/h4-7,13-14H,8-11H2,1-3H3,(H,21,24)/b16-13-. The molecule has 0 bridgehead atoms. The summed E-state index contributed by atoms with van der Waals surface area (Å²) in [5, 5.41) is 12.1. The van der Waals surface area contributed by atoms with E-state index in [0.29, 0.717) is 37.8 Å². The lowest BCUT2D eigenvalue weighted by Crippen LogP contribution is -2.47. The number of carbonyl (C=O) groups is 2. The van der Waals surface area contributed by atoms with Gasteiger partial charge in [0.05, 0.1) is 7.11 Å². The first kappa shape index (κ1) is 19.3. The SMILES string of the molecule is COC(=O)N1CCN(/C=C(/C#N)C(=O)Nc2ccc(C(C)C)cc2)CC1. The van der Waals surface area contributed by atoms with Crippen LogP contribution in [-0.2, 0) is 9.53 Å². The van der Waals surface area contributed by atoms with Crippen LogP contribution in [0, 0.1) is 11.3 Å². The van der Waals surface area contributed by atoms with E-state index in [1.165, 1.54) is 12.7 Å². The number of piperazine rings is 1. The number of hydrogen-bond acceptors (Lipinski definition) is 5. The van der Waals surface area contributed by atoms with Crippen LogP contribution in [0.3, 0.4) is 0 Å². The summed E-state index contributed by atoms with van der Waals surface area (Å²) in [6.07, 6.45) is 1.18. The van der Waals surface area contributed by atoms with E-state index in [9.17, 15) is 14.9 Å². The zero-order valence-corrected chi connectivity index (χ0v) is 15.4. The molecule has 0 saturated carbocycles. The first-order chi connectivity index (χ1) is 12.4. The summed E-state index contributed by atoms with van der Waals surface area (Å²) in [6.45, 7) is 6.25.